The third-order valence-corrected chi connectivity index (χ3v) is 6.97. The fourth-order valence-corrected chi connectivity index (χ4v) is 4.90. The Morgan fingerprint density at radius 1 is 1.10 bits per heavy atom. The van der Waals surface area contributed by atoms with Crippen LogP contribution in [0.1, 0.15) is 29.1 Å². The number of methoxy groups -OCH3 is 1. The largest absolute Gasteiger partial charge is 0.496 e. The van der Waals surface area contributed by atoms with Crippen molar-refractivity contribution in [2.24, 2.45) is 0 Å². The molecule has 10 heteroatoms. The second-order valence-electron chi connectivity index (χ2n) is 7.04. The Hall–Kier alpha value is -3.24. The van der Waals surface area contributed by atoms with Gasteiger partial charge in [0.25, 0.3) is 0 Å². The van der Waals surface area contributed by atoms with Crippen LogP contribution in [0, 0.1) is 0 Å². The van der Waals surface area contributed by atoms with Gasteiger partial charge < -0.3 is 14.5 Å². The lowest BCUT2D eigenvalue weighted by Crippen LogP contribution is -2.27. The van der Waals surface area contributed by atoms with Crippen molar-refractivity contribution in [1.82, 2.24) is 19.8 Å². The number of sulfonamides is 1. The van der Waals surface area contributed by atoms with Crippen molar-refractivity contribution < 1.29 is 22.4 Å². The summed E-state index contributed by atoms with van der Waals surface area (Å²) in [6.45, 7) is 1.33. The van der Waals surface area contributed by atoms with Crippen LogP contribution in [-0.2, 0) is 16.6 Å². The second kappa shape index (κ2) is 8.86. The summed E-state index contributed by atoms with van der Waals surface area (Å²) >= 11 is 0. The van der Waals surface area contributed by atoms with Crippen molar-refractivity contribution >= 4 is 15.9 Å². The van der Waals surface area contributed by atoms with Gasteiger partial charge in [-0.05, 0) is 43.2 Å². The van der Waals surface area contributed by atoms with E-state index in [1.165, 1.54) is 16.4 Å². The van der Waals surface area contributed by atoms with E-state index >= 15 is 0 Å². The molecule has 1 amide bonds. The lowest BCUT2D eigenvalue weighted by molar-refractivity contribution is 0.0916. The van der Waals surface area contributed by atoms with Gasteiger partial charge in [0.2, 0.25) is 15.9 Å². The first kappa shape index (κ1) is 21.0. The fourth-order valence-electron chi connectivity index (χ4n) is 3.38. The number of hydrogen-bond acceptors (Lipinski definition) is 7. The van der Waals surface area contributed by atoms with Gasteiger partial charge in [-0.1, -0.05) is 18.2 Å². The Morgan fingerprint density at radius 2 is 1.81 bits per heavy atom. The Morgan fingerprint density at radius 3 is 2.52 bits per heavy atom. The molecule has 0 unspecified atom stereocenters. The highest BCUT2D eigenvalue weighted by molar-refractivity contribution is 7.89. The Bertz CT molecular complexity index is 1170. The summed E-state index contributed by atoms with van der Waals surface area (Å²) in [4.78, 5) is 12.6. The number of carbonyl (C=O) groups excluding carboxylic acids is 1. The van der Waals surface area contributed by atoms with E-state index in [0.717, 1.165) is 18.4 Å². The van der Waals surface area contributed by atoms with Gasteiger partial charge in [-0.3, -0.25) is 4.79 Å². The van der Waals surface area contributed by atoms with E-state index in [4.69, 9.17) is 9.15 Å². The van der Waals surface area contributed by atoms with E-state index in [1.807, 2.05) is 18.2 Å². The molecule has 1 aliphatic heterocycles. The molecule has 0 saturated carbocycles. The third kappa shape index (κ3) is 4.44. The van der Waals surface area contributed by atoms with Crippen molar-refractivity contribution in [2.45, 2.75) is 24.3 Å². The van der Waals surface area contributed by atoms with Gasteiger partial charge in [0, 0.05) is 30.8 Å². The van der Waals surface area contributed by atoms with Crippen LogP contribution in [0.25, 0.3) is 11.5 Å². The lowest BCUT2D eigenvalue weighted by atomic mass is 10.2. The maximum Gasteiger partial charge on any atom is 0.309 e. The molecule has 162 valence electrons. The number of benzene rings is 2. The number of nitrogens with one attached hydrogen (secondary N) is 1. The molecule has 1 aromatic heterocycles. The third-order valence-electron chi connectivity index (χ3n) is 5.06. The van der Waals surface area contributed by atoms with Crippen LogP contribution in [0.5, 0.6) is 5.75 Å². The molecule has 1 fully saturated rings. The van der Waals surface area contributed by atoms with Crippen molar-refractivity contribution in [3.8, 4) is 17.2 Å². The van der Waals surface area contributed by atoms with E-state index in [0.29, 0.717) is 24.4 Å². The monoisotopic (exact) mass is 442 g/mol. The normalized spacial score (nSPS) is 14.5. The van der Waals surface area contributed by atoms with Crippen LogP contribution in [0.3, 0.4) is 0 Å². The van der Waals surface area contributed by atoms with Crippen LogP contribution in [0.2, 0.25) is 0 Å². The smallest absolute Gasteiger partial charge is 0.309 e. The maximum atomic E-state index is 12.6. The Labute approximate surface area is 180 Å². The summed E-state index contributed by atoms with van der Waals surface area (Å²) < 4.78 is 37.5. The number of para-hydroxylation sites is 1. The average Bonchev–Trinajstić information content (AvgIpc) is 3.51. The van der Waals surface area contributed by atoms with Crippen LogP contribution >= 0.6 is 0 Å². The van der Waals surface area contributed by atoms with E-state index in [-0.39, 0.29) is 23.2 Å². The van der Waals surface area contributed by atoms with Gasteiger partial charge >= 0.3 is 11.8 Å². The molecule has 0 spiro atoms. The standard InChI is InChI=1S/C21H22N4O5S/c1-29-18-7-3-2-6-16(18)14-22-19(26)21-24-23-20(30-21)15-8-10-17(11-9-15)31(27,28)25-12-4-5-13-25/h2-3,6-11H,4-5,12-14H2,1H3,(H,22,26). The summed E-state index contributed by atoms with van der Waals surface area (Å²) in [6, 6.07) is 13.5. The molecule has 1 saturated heterocycles. The Balaban J connectivity index is 1.44. The molecule has 0 aliphatic carbocycles. The summed E-state index contributed by atoms with van der Waals surface area (Å²) in [5.74, 6) is 0.0992. The molecular weight excluding hydrogens is 420 g/mol. The second-order valence-corrected chi connectivity index (χ2v) is 8.98. The summed E-state index contributed by atoms with van der Waals surface area (Å²) in [5, 5.41) is 10.4. The summed E-state index contributed by atoms with van der Waals surface area (Å²) in [5.41, 5.74) is 1.34. The molecule has 4 rings (SSSR count). The van der Waals surface area contributed by atoms with E-state index in [2.05, 4.69) is 15.5 Å². The molecule has 31 heavy (non-hydrogen) atoms. The van der Waals surface area contributed by atoms with Crippen LogP contribution in [0.15, 0.2) is 57.8 Å². The van der Waals surface area contributed by atoms with Crippen molar-refractivity contribution in [2.75, 3.05) is 20.2 Å². The van der Waals surface area contributed by atoms with Gasteiger partial charge in [-0.15, -0.1) is 10.2 Å². The van der Waals surface area contributed by atoms with Crippen LogP contribution in [0.4, 0.5) is 0 Å². The Kier molecular flexibility index (Phi) is 6.01. The first-order valence-corrected chi connectivity index (χ1v) is 11.3. The van der Waals surface area contributed by atoms with Crippen molar-refractivity contribution in [3.05, 3.63) is 60.0 Å². The molecule has 1 aliphatic rings. The molecule has 1 N–H and O–H groups in total. The SMILES string of the molecule is COc1ccccc1CNC(=O)c1nnc(-c2ccc(S(=O)(=O)N3CCCC3)cc2)o1. The molecule has 2 heterocycles. The number of rotatable bonds is 7. The highest BCUT2D eigenvalue weighted by atomic mass is 32.2. The minimum Gasteiger partial charge on any atom is -0.496 e. The van der Waals surface area contributed by atoms with Crippen molar-refractivity contribution in [3.63, 3.8) is 0 Å². The number of ether oxygens (including phenoxy) is 1. The highest BCUT2D eigenvalue weighted by Gasteiger charge is 2.27. The lowest BCUT2D eigenvalue weighted by Gasteiger charge is -2.15. The highest BCUT2D eigenvalue weighted by Crippen LogP contribution is 2.24. The zero-order valence-electron chi connectivity index (χ0n) is 16.9. The molecule has 3 aromatic rings. The minimum atomic E-state index is -3.49. The first-order valence-electron chi connectivity index (χ1n) is 9.83. The summed E-state index contributed by atoms with van der Waals surface area (Å²) in [6.07, 6.45) is 1.75. The number of hydrogen-bond donors (Lipinski definition) is 1. The number of amides is 1. The van der Waals surface area contributed by atoms with Gasteiger partial charge in [-0.2, -0.15) is 4.31 Å². The molecule has 0 radical (unpaired) electrons. The maximum absolute atomic E-state index is 12.6. The zero-order valence-corrected chi connectivity index (χ0v) is 17.8. The van der Waals surface area contributed by atoms with E-state index in [1.54, 1.807) is 25.3 Å². The van der Waals surface area contributed by atoms with Gasteiger partial charge in [0.15, 0.2) is 0 Å². The molecule has 0 bridgehead atoms. The van der Waals surface area contributed by atoms with Crippen molar-refractivity contribution in [1.29, 1.82) is 0 Å². The predicted molar refractivity (Wildman–Crippen MR) is 112 cm³/mol. The summed E-state index contributed by atoms with van der Waals surface area (Å²) in [7, 11) is -1.93. The van der Waals surface area contributed by atoms with Gasteiger partial charge in [-0.25, -0.2) is 8.42 Å². The minimum absolute atomic E-state index is 0.132. The predicted octanol–water partition coefficient (Wildman–Crippen LogP) is 2.46. The zero-order chi connectivity index (χ0) is 21.8. The van der Waals surface area contributed by atoms with Gasteiger partial charge in [0.1, 0.15) is 5.75 Å². The van der Waals surface area contributed by atoms with Crippen LogP contribution < -0.4 is 10.1 Å². The topological polar surface area (TPSA) is 115 Å². The number of nitrogens with zero attached hydrogens (tertiary/aromatic N) is 3. The molecule has 9 nitrogen and oxygen atoms in total. The number of aromatic nitrogens is 2. The molecular formula is C21H22N4O5S. The molecule has 2 aromatic carbocycles. The first-order chi connectivity index (χ1) is 15.0. The van der Waals surface area contributed by atoms with E-state index < -0.39 is 15.9 Å². The van der Waals surface area contributed by atoms with Gasteiger partial charge in [0.05, 0.1) is 12.0 Å². The number of carbonyl (C=O) groups is 1. The molecule has 0 atom stereocenters. The van der Waals surface area contributed by atoms with E-state index in [9.17, 15) is 13.2 Å². The van der Waals surface area contributed by atoms with Crippen LogP contribution in [-0.4, -0.2) is 49.0 Å². The average molecular weight is 442 g/mol. The quantitative estimate of drug-likeness (QED) is 0.598. The fraction of sp³-hybridized carbons (Fsp3) is 0.286.